The summed E-state index contributed by atoms with van der Waals surface area (Å²) in [6.45, 7) is 4.97. The second-order valence-electron chi connectivity index (χ2n) is 6.24. The molecule has 0 aromatic carbocycles. The molecule has 3 rings (SSSR count). The Morgan fingerprint density at radius 1 is 1.42 bits per heavy atom. The zero-order chi connectivity index (χ0) is 13.6. The van der Waals surface area contributed by atoms with Crippen LogP contribution < -0.4 is 0 Å². The van der Waals surface area contributed by atoms with Gasteiger partial charge in [-0.2, -0.15) is 5.10 Å². The first-order valence-electron chi connectivity index (χ1n) is 7.53. The van der Waals surface area contributed by atoms with E-state index in [9.17, 15) is 5.11 Å². The number of hydrogen-bond acceptors (Lipinski definition) is 2. The van der Waals surface area contributed by atoms with Crippen LogP contribution in [0.4, 0.5) is 0 Å². The molecule has 2 fully saturated rings. The number of aliphatic hydroxyl groups is 1. The van der Waals surface area contributed by atoms with E-state index in [4.69, 9.17) is 11.6 Å². The van der Waals surface area contributed by atoms with Gasteiger partial charge in [0, 0.05) is 13.0 Å². The SMILES string of the molecule is CCc1nn(CC)c(CC2(O)CC3CCC2C3)c1Cl. The lowest BCUT2D eigenvalue weighted by molar-refractivity contribution is -0.0141. The lowest BCUT2D eigenvalue weighted by Gasteiger charge is -2.32. The standard InChI is InChI=1S/C15H23ClN2O/c1-3-12-14(16)13(18(4-2)17-12)9-15(19)8-10-5-6-11(15)7-10/h10-11,19H,3-9H2,1-2H3. The molecule has 0 saturated heterocycles. The van der Waals surface area contributed by atoms with E-state index < -0.39 is 5.60 Å². The third-order valence-electron chi connectivity index (χ3n) is 5.11. The highest BCUT2D eigenvalue weighted by molar-refractivity contribution is 6.31. The van der Waals surface area contributed by atoms with Crippen LogP contribution in [0.1, 0.15) is 50.9 Å². The first kappa shape index (κ1) is 13.4. The molecule has 1 heterocycles. The van der Waals surface area contributed by atoms with E-state index in [0.29, 0.717) is 12.3 Å². The summed E-state index contributed by atoms with van der Waals surface area (Å²) in [5.74, 6) is 1.20. The number of aryl methyl sites for hydroxylation is 2. The predicted octanol–water partition coefficient (Wildman–Crippen LogP) is 3.21. The Labute approximate surface area is 120 Å². The Morgan fingerprint density at radius 3 is 2.74 bits per heavy atom. The molecule has 3 atom stereocenters. The Kier molecular flexibility index (Phi) is 3.38. The first-order chi connectivity index (χ1) is 9.07. The van der Waals surface area contributed by atoms with Crippen LogP contribution in [0.2, 0.25) is 5.02 Å². The molecular weight excluding hydrogens is 260 g/mol. The minimum absolute atomic E-state index is 0.471. The van der Waals surface area contributed by atoms with Gasteiger partial charge in [-0.25, -0.2) is 0 Å². The lowest BCUT2D eigenvalue weighted by Crippen LogP contribution is -2.38. The number of fused-ring (bicyclic) bond motifs is 2. The molecule has 2 aliphatic rings. The monoisotopic (exact) mass is 282 g/mol. The van der Waals surface area contributed by atoms with Crippen LogP contribution in [0, 0.1) is 11.8 Å². The summed E-state index contributed by atoms with van der Waals surface area (Å²) in [7, 11) is 0. The van der Waals surface area contributed by atoms with Crippen LogP contribution >= 0.6 is 11.6 Å². The van der Waals surface area contributed by atoms with Crippen molar-refractivity contribution in [2.75, 3.05) is 0 Å². The molecule has 2 bridgehead atoms. The number of nitrogens with zero attached hydrogens (tertiary/aromatic N) is 2. The Hall–Kier alpha value is -0.540. The molecule has 3 unspecified atom stereocenters. The van der Waals surface area contributed by atoms with Gasteiger partial charge in [0.1, 0.15) is 0 Å². The molecule has 106 valence electrons. The van der Waals surface area contributed by atoms with Crippen LogP contribution in [-0.2, 0) is 19.4 Å². The number of hydrogen-bond donors (Lipinski definition) is 1. The zero-order valence-electron chi connectivity index (χ0n) is 11.8. The van der Waals surface area contributed by atoms with Crippen molar-refractivity contribution in [3.63, 3.8) is 0 Å². The predicted molar refractivity (Wildman–Crippen MR) is 76.4 cm³/mol. The Bertz CT molecular complexity index is 485. The summed E-state index contributed by atoms with van der Waals surface area (Å²) in [6, 6.07) is 0. The minimum atomic E-state index is -0.537. The van der Waals surface area contributed by atoms with Crippen LogP contribution in [0.5, 0.6) is 0 Å². The summed E-state index contributed by atoms with van der Waals surface area (Å²) >= 11 is 6.46. The maximum atomic E-state index is 11.0. The van der Waals surface area contributed by atoms with Crippen molar-refractivity contribution >= 4 is 11.6 Å². The second kappa shape index (κ2) is 4.78. The van der Waals surface area contributed by atoms with E-state index in [1.807, 2.05) is 4.68 Å². The van der Waals surface area contributed by atoms with Crippen LogP contribution in [-0.4, -0.2) is 20.5 Å². The van der Waals surface area contributed by atoms with Crippen molar-refractivity contribution in [1.29, 1.82) is 0 Å². The number of rotatable bonds is 4. The first-order valence-corrected chi connectivity index (χ1v) is 7.91. The molecule has 0 amide bonds. The van der Waals surface area contributed by atoms with Crippen LogP contribution in [0.25, 0.3) is 0 Å². The fourth-order valence-corrected chi connectivity index (χ4v) is 4.44. The fourth-order valence-electron chi connectivity index (χ4n) is 4.11. The van der Waals surface area contributed by atoms with Gasteiger partial charge in [-0.1, -0.05) is 18.5 Å². The molecule has 4 heteroatoms. The van der Waals surface area contributed by atoms with Crippen molar-refractivity contribution in [3.8, 4) is 0 Å². The van der Waals surface area contributed by atoms with Gasteiger partial charge >= 0.3 is 0 Å². The van der Waals surface area contributed by atoms with Gasteiger partial charge in [0.25, 0.3) is 0 Å². The quantitative estimate of drug-likeness (QED) is 0.921. The highest BCUT2D eigenvalue weighted by Gasteiger charge is 2.50. The van der Waals surface area contributed by atoms with E-state index in [2.05, 4.69) is 18.9 Å². The maximum absolute atomic E-state index is 11.0. The van der Waals surface area contributed by atoms with Crippen molar-refractivity contribution in [2.45, 2.75) is 64.5 Å². The average molecular weight is 283 g/mol. The van der Waals surface area contributed by atoms with E-state index >= 15 is 0 Å². The summed E-state index contributed by atoms with van der Waals surface area (Å²) < 4.78 is 1.98. The molecule has 1 aromatic heterocycles. The van der Waals surface area contributed by atoms with E-state index in [0.717, 1.165) is 41.7 Å². The van der Waals surface area contributed by atoms with Crippen LogP contribution in [0.15, 0.2) is 0 Å². The van der Waals surface area contributed by atoms with Crippen molar-refractivity contribution < 1.29 is 5.11 Å². The van der Waals surface area contributed by atoms with Gasteiger partial charge in [0.2, 0.25) is 0 Å². The van der Waals surface area contributed by atoms with Gasteiger partial charge in [0.15, 0.2) is 0 Å². The number of halogens is 1. The molecular formula is C15H23ClN2O. The Balaban J connectivity index is 1.89. The largest absolute Gasteiger partial charge is 0.389 e. The smallest absolute Gasteiger partial charge is 0.0850 e. The molecule has 0 aliphatic heterocycles. The third kappa shape index (κ3) is 2.11. The van der Waals surface area contributed by atoms with Gasteiger partial charge in [0.05, 0.1) is 22.0 Å². The zero-order valence-corrected chi connectivity index (χ0v) is 12.6. The molecule has 1 aromatic rings. The van der Waals surface area contributed by atoms with E-state index in [1.165, 1.54) is 19.3 Å². The third-order valence-corrected chi connectivity index (χ3v) is 5.55. The maximum Gasteiger partial charge on any atom is 0.0850 e. The van der Waals surface area contributed by atoms with Crippen molar-refractivity contribution in [3.05, 3.63) is 16.4 Å². The molecule has 0 spiro atoms. The topological polar surface area (TPSA) is 38.0 Å². The summed E-state index contributed by atoms with van der Waals surface area (Å²) in [5, 5.41) is 16.3. The van der Waals surface area contributed by atoms with Crippen molar-refractivity contribution in [2.24, 2.45) is 11.8 Å². The average Bonchev–Trinajstić information content (AvgIpc) is 3.04. The molecule has 0 radical (unpaired) electrons. The molecule has 19 heavy (non-hydrogen) atoms. The van der Waals surface area contributed by atoms with Gasteiger partial charge in [-0.3, -0.25) is 4.68 Å². The van der Waals surface area contributed by atoms with Crippen molar-refractivity contribution in [1.82, 2.24) is 9.78 Å². The normalized spacial score (nSPS) is 33.3. The van der Waals surface area contributed by atoms with Gasteiger partial charge in [-0.05, 0) is 50.9 Å². The summed E-state index contributed by atoms with van der Waals surface area (Å²) in [5.41, 5.74) is 1.46. The molecule has 2 saturated carbocycles. The summed E-state index contributed by atoms with van der Waals surface area (Å²) in [4.78, 5) is 0. The second-order valence-corrected chi connectivity index (χ2v) is 6.62. The molecule has 1 N–H and O–H groups in total. The number of aromatic nitrogens is 2. The van der Waals surface area contributed by atoms with E-state index in [-0.39, 0.29) is 0 Å². The van der Waals surface area contributed by atoms with Gasteiger partial charge < -0.3 is 5.11 Å². The Morgan fingerprint density at radius 2 is 2.21 bits per heavy atom. The highest BCUT2D eigenvalue weighted by Crippen LogP contribution is 2.52. The highest BCUT2D eigenvalue weighted by atomic mass is 35.5. The minimum Gasteiger partial charge on any atom is -0.389 e. The summed E-state index contributed by atoms with van der Waals surface area (Å²) in [6.07, 6.45) is 6.16. The molecule has 3 nitrogen and oxygen atoms in total. The lowest BCUT2D eigenvalue weighted by atomic mass is 9.81. The van der Waals surface area contributed by atoms with E-state index in [1.54, 1.807) is 0 Å². The molecule has 2 aliphatic carbocycles. The van der Waals surface area contributed by atoms with Crippen LogP contribution in [0.3, 0.4) is 0 Å². The van der Waals surface area contributed by atoms with Gasteiger partial charge in [-0.15, -0.1) is 0 Å². The fraction of sp³-hybridized carbons (Fsp3) is 0.800.